The van der Waals surface area contributed by atoms with E-state index in [9.17, 15) is 4.79 Å². The highest BCUT2D eigenvalue weighted by atomic mass is 79.9. The minimum Gasteiger partial charge on any atom is -0.310 e. The van der Waals surface area contributed by atoms with Gasteiger partial charge in [0.15, 0.2) is 0 Å². The zero-order chi connectivity index (χ0) is 11.0. The Balaban J connectivity index is 2.34. The molecule has 0 saturated carbocycles. The number of hydrogen-bond donors (Lipinski definition) is 0. The van der Waals surface area contributed by atoms with Crippen LogP contribution in [0.1, 0.15) is 6.42 Å². The third kappa shape index (κ3) is 2.14. The number of hydrogen-bond acceptors (Lipinski definition) is 1. The van der Waals surface area contributed by atoms with Gasteiger partial charge in [-0.05, 0) is 24.6 Å². The molecular formula is C10H8BrCl2NO. The van der Waals surface area contributed by atoms with Gasteiger partial charge in [0.2, 0.25) is 5.91 Å². The number of rotatable bonds is 1. The summed E-state index contributed by atoms with van der Waals surface area (Å²) in [5.74, 6) is 0.0548. The van der Waals surface area contributed by atoms with E-state index in [0.29, 0.717) is 16.6 Å². The van der Waals surface area contributed by atoms with Crippen molar-refractivity contribution >= 4 is 50.7 Å². The van der Waals surface area contributed by atoms with Crippen molar-refractivity contribution in [2.24, 2.45) is 0 Å². The molecule has 15 heavy (non-hydrogen) atoms. The molecule has 0 spiro atoms. The lowest BCUT2D eigenvalue weighted by Gasteiger charge is -2.17. The van der Waals surface area contributed by atoms with Gasteiger partial charge in [-0.25, -0.2) is 0 Å². The molecule has 1 unspecified atom stereocenters. The SMILES string of the molecule is O=C1C(Br)CCN1c1ccc(Cl)cc1Cl. The smallest absolute Gasteiger partial charge is 0.240 e. The fraction of sp³-hybridized carbons (Fsp3) is 0.300. The Labute approximate surface area is 106 Å². The maximum Gasteiger partial charge on any atom is 0.240 e. The van der Waals surface area contributed by atoms with Gasteiger partial charge >= 0.3 is 0 Å². The first-order valence-corrected chi connectivity index (χ1v) is 6.17. The number of halogens is 3. The van der Waals surface area contributed by atoms with Gasteiger partial charge in [0.1, 0.15) is 0 Å². The van der Waals surface area contributed by atoms with Gasteiger partial charge in [0.05, 0.1) is 15.5 Å². The quantitative estimate of drug-likeness (QED) is 0.727. The summed E-state index contributed by atoms with van der Waals surface area (Å²) in [5.41, 5.74) is 0.730. The molecule has 0 aromatic heterocycles. The Morgan fingerprint density at radius 3 is 2.67 bits per heavy atom. The summed E-state index contributed by atoms with van der Waals surface area (Å²) < 4.78 is 0. The van der Waals surface area contributed by atoms with Crippen LogP contribution in [-0.4, -0.2) is 17.3 Å². The summed E-state index contributed by atoms with van der Waals surface area (Å²) in [7, 11) is 0. The molecule has 5 heteroatoms. The van der Waals surface area contributed by atoms with Gasteiger partial charge in [-0.15, -0.1) is 0 Å². The molecule has 1 heterocycles. The van der Waals surface area contributed by atoms with Gasteiger partial charge < -0.3 is 4.90 Å². The summed E-state index contributed by atoms with van der Waals surface area (Å²) in [6.45, 7) is 0.691. The fourth-order valence-corrected chi connectivity index (χ4v) is 2.55. The van der Waals surface area contributed by atoms with Crippen molar-refractivity contribution in [3.63, 3.8) is 0 Å². The molecule has 1 saturated heterocycles. The molecule has 2 nitrogen and oxygen atoms in total. The first kappa shape index (κ1) is 11.2. The first-order valence-electron chi connectivity index (χ1n) is 4.50. The molecule has 0 aliphatic carbocycles. The molecule has 1 aromatic carbocycles. The van der Waals surface area contributed by atoms with E-state index in [2.05, 4.69) is 15.9 Å². The molecule has 1 aliphatic rings. The lowest BCUT2D eigenvalue weighted by atomic mass is 10.3. The Hall–Kier alpha value is -0.250. The van der Waals surface area contributed by atoms with Crippen molar-refractivity contribution in [3.8, 4) is 0 Å². The maximum atomic E-state index is 11.7. The molecule has 1 aromatic rings. The minimum atomic E-state index is -0.0933. The van der Waals surface area contributed by atoms with Crippen LogP contribution >= 0.6 is 39.1 Å². The van der Waals surface area contributed by atoms with Crippen LogP contribution in [0.3, 0.4) is 0 Å². The molecule has 0 radical (unpaired) electrons. The van der Waals surface area contributed by atoms with Gasteiger partial charge in [-0.3, -0.25) is 4.79 Å². The Morgan fingerprint density at radius 1 is 1.40 bits per heavy atom. The summed E-state index contributed by atoms with van der Waals surface area (Å²) in [5, 5.41) is 1.09. The van der Waals surface area contributed by atoms with Crippen molar-refractivity contribution in [1.29, 1.82) is 0 Å². The molecule has 1 aliphatic heterocycles. The zero-order valence-electron chi connectivity index (χ0n) is 7.71. The van der Waals surface area contributed by atoms with E-state index in [1.807, 2.05) is 0 Å². The number of benzene rings is 1. The fourth-order valence-electron chi connectivity index (χ4n) is 1.58. The summed E-state index contributed by atoms with van der Waals surface area (Å²) in [6, 6.07) is 5.15. The Morgan fingerprint density at radius 2 is 2.13 bits per heavy atom. The third-order valence-electron chi connectivity index (χ3n) is 2.34. The molecule has 1 amide bonds. The zero-order valence-corrected chi connectivity index (χ0v) is 10.8. The highest BCUT2D eigenvalue weighted by molar-refractivity contribution is 9.10. The van der Waals surface area contributed by atoms with Crippen molar-refractivity contribution in [2.75, 3.05) is 11.4 Å². The number of nitrogens with zero attached hydrogens (tertiary/aromatic N) is 1. The molecule has 2 rings (SSSR count). The maximum absolute atomic E-state index is 11.7. The highest BCUT2D eigenvalue weighted by Crippen LogP contribution is 2.32. The lowest BCUT2D eigenvalue weighted by Crippen LogP contribution is -2.27. The highest BCUT2D eigenvalue weighted by Gasteiger charge is 2.31. The van der Waals surface area contributed by atoms with Crippen LogP contribution in [0.5, 0.6) is 0 Å². The second-order valence-electron chi connectivity index (χ2n) is 3.34. The van der Waals surface area contributed by atoms with E-state index < -0.39 is 0 Å². The second kappa shape index (κ2) is 4.32. The second-order valence-corrected chi connectivity index (χ2v) is 5.29. The van der Waals surface area contributed by atoms with Crippen LogP contribution in [0.2, 0.25) is 10.0 Å². The molecule has 1 atom stereocenters. The monoisotopic (exact) mass is 307 g/mol. The van der Waals surface area contributed by atoms with Crippen molar-refractivity contribution < 1.29 is 4.79 Å². The lowest BCUT2D eigenvalue weighted by molar-refractivity contribution is -0.116. The molecule has 0 bridgehead atoms. The number of amides is 1. The van der Waals surface area contributed by atoms with Crippen molar-refractivity contribution in [2.45, 2.75) is 11.2 Å². The van der Waals surface area contributed by atoms with E-state index in [4.69, 9.17) is 23.2 Å². The van der Waals surface area contributed by atoms with Crippen LogP contribution in [0.15, 0.2) is 18.2 Å². The summed E-state index contributed by atoms with van der Waals surface area (Å²) in [4.78, 5) is 13.3. The number of carbonyl (C=O) groups is 1. The summed E-state index contributed by atoms with van der Waals surface area (Å²) in [6.07, 6.45) is 0.803. The topological polar surface area (TPSA) is 20.3 Å². The van der Waals surface area contributed by atoms with Crippen LogP contribution in [0, 0.1) is 0 Å². The van der Waals surface area contributed by atoms with Crippen LogP contribution in [0.4, 0.5) is 5.69 Å². The van der Waals surface area contributed by atoms with Crippen molar-refractivity contribution in [3.05, 3.63) is 28.2 Å². The largest absolute Gasteiger partial charge is 0.310 e. The third-order valence-corrected chi connectivity index (χ3v) is 3.73. The standard InChI is InChI=1S/C10H8BrCl2NO/c11-7-3-4-14(10(7)15)9-2-1-6(12)5-8(9)13/h1-2,5,7H,3-4H2. The van der Waals surface area contributed by atoms with Crippen LogP contribution in [-0.2, 0) is 4.79 Å². The molecule has 0 N–H and O–H groups in total. The van der Waals surface area contributed by atoms with Crippen LogP contribution in [0.25, 0.3) is 0 Å². The molecule has 1 fully saturated rings. The number of anilines is 1. The van der Waals surface area contributed by atoms with Gasteiger partial charge in [0, 0.05) is 11.6 Å². The predicted octanol–water partition coefficient (Wildman–Crippen LogP) is 3.49. The average molecular weight is 309 g/mol. The first-order chi connectivity index (χ1) is 7.09. The normalized spacial score (nSPS) is 21.1. The molecular weight excluding hydrogens is 301 g/mol. The minimum absolute atomic E-state index is 0.0548. The number of alkyl halides is 1. The average Bonchev–Trinajstić information content (AvgIpc) is 2.49. The Bertz CT molecular complexity index is 410. The predicted molar refractivity (Wildman–Crippen MR) is 66.1 cm³/mol. The van der Waals surface area contributed by atoms with Gasteiger partial charge in [0.25, 0.3) is 0 Å². The Kier molecular flexibility index (Phi) is 3.24. The summed E-state index contributed by atoms with van der Waals surface area (Å²) >= 11 is 15.1. The van der Waals surface area contributed by atoms with Crippen molar-refractivity contribution in [1.82, 2.24) is 0 Å². The van der Waals surface area contributed by atoms with Gasteiger partial charge in [-0.1, -0.05) is 39.1 Å². The van der Waals surface area contributed by atoms with E-state index >= 15 is 0 Å². The van der Waals surface area contributed by atoms with Crippen LogP contribution < -0.4 is 4.90 Å². The van der Waals surface area contributed by atoms with E-state index in [-0.39, 0.29) is 10.7 Å². The van der Waals surface area contributed by atoms with E-state index in [0.717, 1.165) is 12.1 Å². The van der Waals surface area contributed by atoms with Gasteiger partial charge in [-0.2, -0.15) is 0 Å². The van der Waals surface area contributed by atoms with E-state index in [1.54, 1.807) is 23.1 Å². The van der Waals surface area contributed by atoms with E-state index in [1.165, 1.54) is 0 Å². The number of carbonyl (C=O) groups excluding carboxylic acids is 1. The molecule has 80 valence electrons.